The molecule has 136 valence electrons. The van der Waals surface area contributed by atoms with Crippen LogP contribution in [0.15, 0.2) is 72.8 Å². The highest BCUT2D eigenvalue weighted by Gasteiger charge is 2.15. The predicted molar refractivity (Wildman–Crippen MR) is 107 cm³/mol. The lowest BCUT2D eigenvalue weighted by molar-refractivity contribution is -0.143. The number of carbonyl (C=O) groups is 1. The van der Waals surface area contributed by atoms with Gasteiger partial charge in [-0.05, 0) is 30.2 Å². The number of fused-ring (bicyclic) bond motifs is 3. The van der Waals surface area contributed by atoms with E-state index in [0.717, 1.165) is 39.5 Å². The molecule has 0 saturated heterocycles. The van der Waals surface area contributed by atoms with Crippen LogP contribution in [0.5, 0.6) is 5.75 Å². The molecule has 4 heteroatoms. The molecule has 0 saturated carbocycles. The topological polar surface area (TPSA) is 40.5 Å². The summed E-state index contributed by atoms with van der Waals surface area (Å²) < 4.78 is 7.57. The molecule has 0 aliphatic heterocycles. The Hall–Kier alpha value is -3.27. The second kappa shape index (κ2) is 7.54. The molecule has 1 aromatic heterocycles. The van der Waals surface area contributed by atoms with Crippen LogP contribution in [0.4, 0.5) is 0 Å². The van der Waals surface area contributed by atoms with Crippen LogP contribution in [0.3, 0.4) is 0 Å². The number of hydrogen-bond donors (Lipinski definition) is 0. The maximum atomic E-state index is 12.1. The first-order valence-corrected chi connectivity index (χ1v) is 9.17. The standard InChI is InChI=1S/C23H21NO3/c1-2-8-23(25)27-24-21-12-7-6-11-19(21)20-14-13-18(15-22(20)24)26-16-17-9-4-3-5-10-17/h3-7,9-15H,2,8,16H2,1H3. The molecule has 27 heavy (non-hydrogen) atoms. The normalized spacial score (nSPS) is 11.0. The minimum atomic E-state index is -0.240. The quantitative estimate of drug-likeness (QED) is 0.479. The van der Waals surface area contributed by atoms with Crippen molar-refractivity contribution < 1.29 is 14.4 Å². The van der Waals surface area contributed by atoms with Gasteiger partial charge in [-0.2, -0.15) is 4.73 Å². The minimum Gasteiger partial charge on any atom is -0.489 e. The molecule has 0 unspecified atom stereocenters. The molecule has 0 aliphatic rings. The molecule has 1 heterocycles. The fourth-order valence-corrected chi connectivity index (χ4v) is 3.20. The summed E-state index contributed by atoms with van der Waals surface area (Å²) in [5.41, 5.74) is 2.80. The Morgan fingerprint density at radius 3 is 2.44 bits per heavy atom. The van der Waals surface area contributed by atoms with Crippen LogP contribution in [0.1, 0.15) is 25.3 Å². The monoisotopic (exact) mass is 359 g/mol. The summed E-state index contributed by atoms with van der Waals surface area (Å²) in [6.07, 6.45) is 1.14. The van der Waals surface area contributed by atoms with Crippen molar-refractivity contribution in [1.29, 1.82) is 0 Å². The zero-order valence-corrected chi connectivity index (χ0v) is 15.2. The fourth-order valence-electron chi connectivity index (χ4n) is 3.20. The highest BCUT2D eigenvalue weighted by Crippen LogP contribution is 2.31. The van der Waals surface area contributed by atoms with Crippen molar-refractivity contribution in [2.75, 3.05) is 0 Å². The number of carbonyl (C=O) groups excluding carboxylic acids is 1. The third-order valence-corrected chi connectivity index (χ3v) is 4.50. The van der Waals surface area contributed by atoms with E-state index < -0.39 is 0 Å². The van der Waals surface area contributed by atoms with E-state index in [0.29, 0.717) is 13.0 Å². The van der Waals surface area contributed by atoms with E-state index in [1.807, 2.05) is 79.7 Å². The molecule has 0 fully saturated rings. The van der Waals surface area contributed by atoms with Crippen molar-refractivity contribution >= 4 is 27.8 Å². The van der Waals surface area contributed by atoms with Gasteiger partial charge in [-0.15, -0.1) is 0 Å². The molecule has 0 radical (unpaired) electrons. The number of hydrogen-bond acceptors (Lipinski definition) is 3. The maximum absolute atomic E-state index is 12.1. The van der Waals surface area contributed by atoms with Gasteiger partial charge in [0, 0.05) is 23.3 Å². The molecular formula is C23H21NO3. The molecule has 0 aliphatic carbocycles. The highest BCUT2D eigenvalue weighted by atomic mass is 16.7. The first kappa shape index (κ1) is 17.2. The summed E-state index contributed by atoms with van der Waals surface area (Å²) in [5, 5.41) is 2.08. The van der Waals surface area contributed by atoms with E-state index in [-0.39, 0.29) is 5.97 Å². The summed E-state index contributed by atoms with van der Waals surface area (Å²) in [4.78, 5) is 17.8. The highest BCUT2D eigenvalue weighted by molar-refractivity contribution is 6.08. The van der Waals surface area contributed by atoms with Crippen molar-refractivity contribution in [1.82, 2.24) is 4.73 Å². The van der Waals surface area contributed by atoms with E-state index in [2.05, 4.69) is 0 Å². The summed E-state index contributed by atoms with van der Waals surface area (Å²) in [5.74, 6) is 0.498. The molecule has 0 N–H and O–H groups in total. The molecule has 4 rings (SSSR count). The van der Waals surface area contributed by atoms with E-state index in [4.69, 9.17) is 9.57 Å². The largest absolute Gasteiger partial charge is 0.489 e. The van der Waals surface area contributed by atoms with Gasteiger partial charge in [-0.25, -0.2) is 4.79 Å². The Balaban J connectivity index is 1.72. The van der Waals surface area contributed by atoms with Crippen LogP contribution in [-0.2, 0) is 11.4 Å². The predicted octanol–water partition coefficient (Wildman–Crippen LogP) is 5.13. The van der Waals surface area contributed by atoms with Crippen molar-refractivity contribution in [2.45, 2.75) is 26.4 Å². The number of ether oxygens (including phenoxy) is 1. The van der Waals surface area contributed by atoms with E-state index >= 15 is 0 Å². The second-order valence-electron chi connectivity index (χ2n) is 6.48. The number of benzene rings is 3. The lowest BCUT2D eigenvalue weighted by Gasteiger charge is -2.09. The van der Waals surface area contributed by atoms with Crippen LogP contribution in [-0.4, -0.2) is 10.7 Å². The Kier molecular flexibility index (Phi) is 4.79. The number of nitrogens with zero attached hydrogens (tertiary/aromatic N) is 1. The molecule has 0 amide bonds. The molecule has 3 aromatic carbocycles. The van der Waals surface area contributed by atoms with Crippen LogP contribution in [0.2, 0.25) is 0 Å². The van der Waals surface area contributed by atoms with Gasteiger partial charge in [-0.3, -0.25) is 0 Å². The molecule has 4 nitrogen and oxygen atoms in total. The average molecular weight is 359 g/mol. The van der Waals surface area contributed by atoms with E-state index in [9.17, 15) is 4.79 Å². The van der Waals surface area contributed by atoms with Crippen molar-refractivity contribution in [2.24, 2.45) is 0 Å². The first-order valence-electron chi connectivity index (χ1n) is 9.17. The van der Waals surface area contributed by atoms with Gasteiger partial charge < -0.3 is 9.57 Å². The van der Waals surface area contributed by atoms with E-state index in [1.54, 1.807) is 4.73 Å². The number of aromatic nitrogens is 1. The Bertz CT molecular complexity index is 1080. The van der Waals surface area contributed by atoms with Gasteiger partial charge in [0.25, 0.3) is 0 Å². The van der Waals surface area contributed by atoms with Crippen LogP contribution in [0.25, 0.3) is 21.8 Å². The third-order valence-electron chi connectivity index (χ3n) is 4.50. The molecule has 0 atom stereocenters. The first-order chi connectivity index (χ1) is 13.3. The van der Waals surface area contributed by atoms with Crippen molar-refractivity contribution in [3.8, 4) is 5.75 Å². The van der Waals surface area contributed by atoms with Crippen LogP contribution < -0.4 is 9.57 Å². The lowest BCUT2D eigenvalue weighted by atomic mass is 10.1. The summed E-state index contributed by atoms with van der Waals surface area (Å²) in [7, 11) is 0. The van der Waals surface area contributed by atoms with Crippen molar-refractivity contribution in [3.05, 3.63) is 78.4 Å². The summed E-state index contributed by atoms with van der Waals surface area (Å²) in [6.45, 7) is 2.45. The van der Waals surface area contributed by atoms with Gasteiger partial charge in [-0.1, -0.05) is 55.5 Å². The van der Waals surface area contributed by atoms with Crippen molar-refractivity contribution in [3.63, 3.8) is 0 Å². The number of para-hydroxylation sites is 1. The van der Waals surface area contributed by atoms with Gasteiger partial charge in [0.1, 0.15) is 12.4 Å². The minimum absolute atomic E-state index is 0.240. The van der Waals surface area contributed by atoms with Gasteiger partial charge >= 0.3 is 5.97 Å². The Labute approximate surface area is 157 Å². The van der Waals surface area contributed by atoms with Gasteiger partial charge in [0.15, 0.2) is 0 Å². The Morgan fingerprint density at radius 2 is 1.63 bits per heavy atom. The average Bonchev–Trinajstić information content (AvgIpc) is 3.01. The van der Waals surface area contributed by atoms with Crippen LogP contribution >= 0.6 is 0 Å². The summed E-state index contributed by atoms with van der Waals surface area (Å²) in [6, 6.07) is 23.8. The molecule has 0 bridgehead atoms. The smallest absolute Gasteiger partial charge is 0.332 e. The molecular weight excluding hydrogens is 338 g/mol. The van der Waals surface area contributed by atoms with Crippen LogP contribution in [0, 0.1) is 0 Å². The lowest BCUT2D eigenvalue weighted by Crippen LogP contribution is -2.18. The third kappa shape index (κ3) is 3.51. The van der Waals surface area contributed by atoms with Gasteiger partial charge in [0.05, 0.1) is 11.0 Å². The zero-order valence-electron chi connectivity index (χ0n) is 15.2. The molecule has 4 aromatic rings. The van der Waals surface area contributed by atoms with E-state index in [1.165, 1.54) is 0 Å². The maximum Gasteiger partial charge on any atom is 0.332 e. The SMILES string of the molecule is CCCC(=O)On1c2ccccc2c2ccc(OCc3ccccc3)cc21. The van der Waals surface area contributed by atoms with Gasteiger partial charge in [0.2, 0.25) is 0 Å². The second-order valence-corrected chi connectivity index (χ2v) is 6.48. The number of rotatable bonds is 6. The summed E-state index contributed by atoms with van der Waals surface area (Å²) >= 11 is 0. The molecule has 0 spiro atoms. The zero-order chi connectivity index (χ0) is 18.6. The fraction of sp³-hybridized carbons (Fsp3) is 0.174. The Morgan fingerprint density at radius 1 is 0.889 bits per heavy atom.